The van der Waals surface area contributed by atoms with Gasteiger partial charge in [-0.15, -0.1) is 0 Å². The van der Waals surface area contributed by atoms with E-state index in [4.69, 9.17) is 0 Å². The van der Waals surface area contributed by atoms with Gasteiger partial charge in [0.25, 0.3) is 5.92 Å². The molecule has 1 aromatic rings. The third-order valence-corrected chi connectivity index (χ3v) is 2.37. The normalized spacial score (nSPS) is 11.3. The van der Waals surface area contributed by atoms with E-state index in [9.17, 15) is 8.78 Å². The standard InChI is InChI=1S/C13H16F2/c1-2-13(14,15)11-7-6-10-12-8-4-3-5-9-12/h2-5,8-9H,1,6-7,10-11H2. The number of unbranched alkanes of at least 4 members (excludes halogenated alkanes) is 1. The Balaban J connectivity index is 2.20. The van der Waals surface area contributed by atoms with Gasteiger partial charge in [0, 0.05) is 6.42 Å². The minimum atomic E-state index is -2.70. The molecule has 0 saturated carbocycles. The lowest BCUT2D eigenvalue weighted by molar-refractivity contribution is 0.0433. The Labute approximate surface area is 89.6 Å². The number of allylic oxidation sites excluding steroid dienone is 1. The van der Waals surface area contributed by atoms with Crippen LogP contribution in [0.5, 0.6) is 0 Å². The largest absolute Gasteiger partial charge is 0.266 e. The number of benzene rings is 1. The van der Waals surface area contributed by atoms with E-state index >= 15 is 0 Å². The van der Waals surface area contributed by atoms with Crippen LogP contribution in [-0.4, -0.2) is 5.92 Å². The first-order valence-corrected chi connectivity index (χ1v) is 5.19. The van der Waals surface area contributed by atoms with E-state index in [-0.39, 0.29) is 6.42 Å². The Hall–Kier alpha value is -1.18. The summed E-state index contributed by atoms with van der Waals surface area (Å²) in [5.41, 5.74) is 1.21. The Bertz CT molecular complexity index is 291. The third-order valence-electron chi connectivity index (χ3n) is 2.37. The molecule has 0 aliphatic heterocycles. The summed E-state index contributed by atoms with van der Waals surface area (Å²) in [7, 11) is 0. The number of halogens is 2. The fourth-order valence-electron chi connectivity index (χ4n) is 1.44. The first-order chi connectivity index (χ1) is 7.14. The van der Waals surface area contributed by atoms with E-state index in [1.54, 1.807) is 0 Å². The van der Waals surface area contributed by atoms with Gasteiger partial charge in [-0.3, -0.25) is 0 Å². The molecule has 0 nitrogen and oxygen atoms in total. The highest BCUT2D eigenvalue weighted by Crippen LogP contribution is 2.22. The molecule has 15 heavy (non-hydrogen) atoms. The summed E-state index contributed by atoms with van der Waals surface area (Å²) in [6, 6.07) is 9.92. The summed E-state index contributed by atoms with van der Waals surface area (Å²) in [6.45, 7) is 3.12. The highest BCUT2D eigenvalue weighted by Gasteiger charge is 2.22. The van der Waals surface area contributed by atoms with Crippen molar-refractivity contribution >= 4 is 0 Å². The van der Waals surface area contributed by atoms with Crippen molar-refractivity contribution in [2.45, 2.75) is 31.6 Å². The summed E-state index contributed by atoms with van der Waals surface area (Å²) < 4.78 is 25.5. The van der Waals surface area contributed by atoms with Gasteiger partial charge < -0.3 is 0 Å². The predicted octanol–water partition coefficient (Wildman–Crippen LogP) is 4.22. The molecule has 1 rings (SSSR count). The van der Waals surface area contributed by atoms with Crippen molar-refractivity contribution in [2.75, 3.05) is 0 Å². The second-order valence-electron chi connectivity index (χ2n) is 3.66. The molecule has 1 aromatic carbocycles. The molecule has 0 unspecified atom stereocenters. The van der Waals surface area contributed by atoms with Crippen LogP contribution in [0.15, 0.2) is 43.0 Å². The molecular formula is C13H16F2. The van der Waals surface area contributed by atoms with Gasteiger partial charge in [0.2, 0.25) is 0 Å². The van der Waals surface area contributed by atoms with E-state index in [0.29, 0.717) is 6.42 Å². The Morgan fingerprint density at radius 3 is 2.40 bits per heavy atom. The van der Waals surface area contributed by atoms with Crippen LogP contribution in [0.4, 0.5) is 8.78 Å². The quantitative estimate of drug-likeness (QED) is 0.487. The van der Waals surface area contributed by atoms with E-state index in [0.717, 1.165) is 18.9 Å². The molecule has 0 spiro atoms. The predicted molar refractivity (Wildman–Crippen MR) is 59.1 cm³/mol. The number of alkyl halides is 2. The molecule has 0 N–H and O–H groups in total. The molecule has 0 aromatic heterocycles. The van der Waals surface area contributed by atoms with Gasteiger partial charge in [0.15, 0.2) is 0 Å². The fourth-order valence-corrected chi connectivity index (χ4v) is 1.44. The lowest BCUT2D eigenvalue weighted by atomic mass is 10.1. The highest BCUT2D eigenvalue weighted by molar-refractivity contribution is 5.14. The third kappa shape index (κ3) is 4.73. The second-order valence-corrected chi connectivity index (χ2v) is 3.66. The molecule has 0 atom stereocenters. The van der Waals surface area contributed by atoms with Crippen LogP contribution in [-0.2, 0) is 6.42 Å². The van der Waals surface area contributed by atoms with Crippen LogP contribution in [0, 0.1) is 0 Å². The maximum absolute atomic E-state index is 12.8. The van der Waals surface area contributed by atoms with Crippen LogP contribution < -0.4 is 0 Å². The summed E-state index contributed by atoms with van der Waals surface area (Å²) in [5.74, 6) is -2.70. The molecule has 0 aliphatic carbocycles. The topological polar surface area (TPSA) is 0 Å². The minimum absolute atomic E-state index is 0.0939. The van der Waals surface area contributed by atoms with Crippen molar-refractivity contribution in [1.29, 1.82) is 0 Å². The number of hydrogen-bond acceptors (Lipinski definition) is 0. The number of aryl methyl sites for hydroxylation is 1. The van der Waals surface area contributed by atoms with Gasteiger partial charge >= 0.3 is 0 Å². The van der Waals surface area contributed by atoms with Crippen LogP contribution in [0.1, 0.15) is 24.8 Å². The summed E-state index contributed by atoms with van der Waals surface area (Å²) in [4.78, 5) is 0. The number of hydrogen-bond donors (Lipinski definition) is 0. The van der Waals surface area contributed by atoms with Gasteiger partial charge in [-0.05, 0) is 30.9 Å². The Kier molecular flexibility index (Phi) is 4.47. The fraction of sp³-hybridized carbons (Fsp3) is 0.385. The summed E-state index contributed by atoms with van der Waals surface area (Å²) in [5, 5.41) is 0. The Morgan fingerprint density at radius 1 is 1.13 bits per heavy atom. The summed E-state index contributed by atoms with van der Waals surface area (Å²) >= 11 is 0. The van der Waals surface area contributed by atoms with Crippen LogP contribution in [0.25, 0.3) is 0 Å². The van der Waals surface area contributed by atoms with Gasteiger partial charge in [0.05, 0.1) is 0 Å². The van der Waals surface area contributed by atoms with Gasteiger partial charge in [-0.1, -0.05) is 36.9 Å². The zero-order valence-corrected chi connectivity index (χ0v) is 8.76. The van der Waals surface area contributed by atoms with E-state index in [1.165, 1.54) is 5.56 Å². The first kappa shape index (κ1) is 11.9. The van der Waals surface area contributed by atoms with Crippen LogP contribution in [0.3, 0.4) is 0 Å². The smallest absolute Gasteiger partial charge is 0.202 e. The molecule has 82 valence electrons. The lowest BCUT2D eigenvalue weighted by Gasteiger charge is -2.10. The average Bonchev–Trinajstić information content (AvgIpc) is 2.26. The maximum atomic E-state index is 12.8. The summed E-state index contributed by atoms with van der Waals surface area (Å²) in [6.07, 6.45) is 2.84. The van der Waals surface area contributed by atoms with Crippen molar-refractivity contribution in [1.82, 2.24) is 0 Å². The van der Waals surface area contributed by atoms with E-state index < -0.39 is 5.92 Å². The van der Waals surface area contributed by atoms with Crippen molar-refractivity contribution in [3.63, 3.8) is 0 Å². The molecule has 0 bridgehead atoms. The molecule has 2 heteroatoms. The SMILES string of the molecule is C=CC(F)(F)CCCCc1ccccc1. The molecule has 0 saturated heterocycles. The van der Waals surface area contributed by atoms with Gasteiger partial charge in [-0.2, -0.15) is 0 Å². The van der Waals surface area contributed by atoms with Crippen LogP contribution >= 0.6 is 0 Å². The van der Waals surface area contributed by atoms with E-state index in [2.05, 4.69) is 6.58 Å². The van der Waals surface area contributed by atoms with E-state index in [1.807, 2.05) is 30.3 Å². The molecule has 0 amide bonds. The van der Waals surface area contributed by atoms with Gasteiger partial charge in [0.1, 0.15) is 0 Å². The molecule has 0 heterocycles. The first-order valence-electron chi connectivity index (χ1n) is 5.19. The lowest BCUT2D eigenvalue weighted by Crippen LogP contribution is -2.10. The zero-order valence-electron chi connectivity index (χ0n) is 8.76. The Morgan fingerprint density at radius 2 is 1.80 bits per heavy atom. The van der Waals surface area contributed by atoms with Crippen molar-refractivity contribution in [2.24, 2.45) is 0 Å². The zero-order chi connectivity index (χ0) is 11.1. The molecule has 0 fully saturated rings. The minimum Gasteiger partial charge on any atom is -0.202 e. The molecule has 0 aliphatic rings. The second kappa shape index (κ2) is 5.64. The highest BCUT2D eigenvalue weighted by atomic mass is 19.3. The monoisotopic (exact) mass is 210 g/mol. The maximum Gasteiger partial charge on any atom is 0.266 e. The van der Waals surface area contributed by atoms with Crippen molar-refractivity contribution in [3.8, 4) is 0 Å². The van der Waals surface area contributed by atoms with Crippen molar-refractivity contribution < 1.29 is 8.78 Å². The number of rotatable bonds is 6. The molecule has 0 radical (unpaired) electrons. The van der Waals surface area contributed by atoms with Gasteiger partial charge in [-0.25, -0.2) is 8.78 Å². The average molecular weight is 210 g/mol. The van der Waals surface area contributed by atoms with Crippen molar-refractivity contribution in [3.05, 3.63) is 48.6 Å². The molecular weight excluding hydrogens is 194 g/mol. The van der Waals surface area contributed by atoms with Crippen LogP contribution in [0.2, 0.25) is 0 Å².